The van der Waals surface area contributed by atoms with Crippen molar-refractivity contribution in [2.24, 2.45) is 0 Å². The predicted molar refractivity (Wildman–Crippen MR) is 138 cm³/mol. The van der Waals surface area contributed by atoms with Gasteiger partial charge in [0.05, 0.1) is 24.9 Å². The van der Waals surface area contributed by atoms with Crippen LogP contribution in [-0.4, -0.2) is 38.0 Å². The van der Waals surface area contributed by atoms with Crippen molar-refractivity contribution in [3.8, 4) is 5.75 Å². The van der Waals surface area contributed by atoms with Crippen LogP contribution in [0.2, 0.25) is 0 Å². The molecule has 0 fully saturated rings. The fraction of sp³-hybridized carbons (Fsp3) is 0.154. The lowest BCUT2D eigenvalue weighted by Crippen LogP contribution is -2.29. The molecule has 0 aliphatic rings. The fourth-order valence-corrected chi connectivity index (χ4v) is 3.96. The Morgan fingerprint density at radius 1 is 1.03 bits per heavy atom. The molecule has 37 heavy (non-hydrogen) atoms. The highest BCUT2D eigenvalue weighted by Gasteiger charge is 2.15. The van der Waals surface area contributed by atoms with Crippen LogP contribution in [0.4, 0.5) is 5.69 Å². The maximum absolute atomic E-state index is 13.5. The number of benzene rings is 2. The molecule has 0 aliphatic heterocycles. The Morgan fingerprint density at radius 2 is 1.78 bits per heavy atom. The molecule has 2 aromatic carbocycles. The maximum atomic E-state index is 13.5. The number of aromatic amines is 1. The number of aromatic nitrogens is 5. The first-order valence-electron chi connectivity index (χ1n) is 11.5. The summed E-state index contributed by atoms with van der Waals surface area (Å²) in [6, 6.07) is 15.9. The summed E-state index contributed by atoms with van der Waals surface area (Å²) in [6.45, 7) is 0.265. The smallest absolute Gasteiger partial charge is 0.278 e. The van der Waals surface area contributed by atoms with Crippen molar-refractivity contribution in [1.82, 2.24) is 30.4 Å². The van der Waals surface area contributed by atoms with E-state index in [1.54, 1.807) is 49.8 Å². The minimum atomic E-state index is -0.514. The third-order valence-corrected chi connectivity index (χ3v) is 5.90. The zero-order valence-electron chi connectivity index (χ0n) is 19.9. The molecule has 0 radical (unpaired) electrons. The summed E-state index contributed by atoms with van der Waals surface area (Å²) >= 11 is 0. The van der Waals surface area contributed by atoms with E-state index in [9.17, 15) is 14.4 Å². The quantitative estimate of drug-likeness (QED) is 0.277. The van der Waals surface area contributed by atoms with Crippen molar-refractivity contribution in [3.63, 3.8) is 0 Å². The Kier molecular flexibility index (Phi) is 6.58. The molecule has 0 atom stereocenters. The van der Waals surface area contributed by atoms with Crippen LogP contribution >= 0.6 is 0 Å². The van der Waals surface area contributed by atoms with E-state index in [1.165, 1.54) is 4.68 Å². The van der Waals surface area contributed by atoms with Crippen molar-refractivity contribution in [2.75, 3.05) is 12.5 Å². The molecule has 3 aromatic heterocycles. The number of amides is 1. The van der Waals surface area contributed by atoms with Crippen LogP contribution in [0.5, 0.6) is 5.75 Å². The molecular formula is C26H23N7O4. The number of nitrogens with zero attached hydrogens (tertiary/aromatic N) is 4. The van der Waals surface area contributed by atoms with Crippen LogP contribution in [0.3, 0.4) is 0 Å². The number of aryl methyl sites for hydroxylation is 1. The van der Waals surface area contributed by atoms with Gasteiger partial charge in [-0.3, -0.25) is 30.2 Å². The summed E-state index contributed by atoms with van der Waals surface area (Å²) in [5, 5.41) is 8.37. The molecule has 3 heterocycles. The first kappa shape index (κ1) is 23.7. The van der Waals surface area contributed by atoms with E-state index in [4.69, 9.17) is 4.74 Å². The molecule has 11 heteroatoms. The summed E-state index contributed by atoms with van der Waals surface area (Å²) in [5.74, 6) is 0.506. The molecular weight excluding hydrogens is 474 g/mol. The number of methoxy groups -OCH3 is 1. The highest BCUT2D eigenvalue weighted by Crippen LogP contribution is 2.16. The minimum absolute atomic E-state index is 0.0298. The predicted octanol–water partition coefficient (Wildman–Crippen LogP) is 2.16. The summed E-state index contributed by atoms with van der Waals surface area (Å²) in [6.07, 6.45) is 3.85. The number of carbonyl (C=O) groups excluding carboxylic acids is 1. The van der Waals surface area contributed by atoms with E-state index in [0.29, 0.717) is 28.8 Å². The highest BCUT2D eigenvalue weighted by molar-refractivity contribution is 5.87. The number of H-pyrrole nitrogens is 1. The van der Waals surface area contributed by atoms with Crippen LogP contribution in [-0.2, 0) is 17.8 Å². The van der Waals surface area contributed by atoms with E-state index >= 15 is 0 Å². The Labute approximate surface area is 210 Å². The zero-order chi connectivity index (χ0) is 25.8. The van der Waals surface area contributed by atoms with E-state index < -0.39 is 5.56 Å². The number of fused-ring (bicyclic) bond motifs is 2. The lowest BCUT2D eigenvalue weighted by molar-refractivity contribution is -0.120. The second-order valence-corrected chi connectivity index (χ2v) is 8.36. The number of hydrogen-bond donors (Lipinski definition) is 3. The number of hydrogen-bond acceptors (Lipinski definition) is 8. The first-order chi connectivity index (χ1) is 18.0. The molecule has 0 saturated carbocycles. The summed E-state index contributed by atoms with van der Waals surface area (Å²) in [4.78, 5) is 45.3. The van der Waals surface area contributed by atoms with Crippen LogP contribution in [0.15, 0.2) is 76.6 Å². The Bertz CT molecular complexity index is 1700. The number of carbonyl (C=O) groups is 1. The van der Waals surface area contributed by atoms with E-state index in [1.807, 2.05) is 24.3 Å². The number of ether oxygens (including phenoxy) is 1. The van der Waals surface area contributed by atoms with Gasteiger partial charge in [-0.2, -0.15) is 0 Å². The second-order valence-electron chi connectivity index (χ2n) is 8.36. The highest BCUT2D eigenvalue weighted by atomic mass is 16.5. The van der Waals surface area contributed by atoms with Gasteiger partial charge in [0.1, 0.15) is 11.3 Å². The third kappa shape index (κ3) is 5.15. The Morgan fingerprint density at radius 3 is 2.54 bits per heavy atom. The van der Waals surface area contributed by atoms with E-state index in [2.05, 4.69) is 31.1 Å². The minimum Gasteiger partial charge on any atom is -0.497 e. The van der Waals surface area contributed by atoms with Crippen LogP contribution in [0, 0.1) is 0 Å². The number of pyridine rings is 1. The molecule has 5 rings (SSSR count). The largest absolute Gasteiger partial charge is 0.497 e. The topological polar surface area (TPSA) is 144 Å². The van der Waals surface area contributed by atoms with E-state index in [0.717, 1.165) is 11.1 Å². The third-order valence-electron chi connectivity index (χ3n) is 5.90. The molecule has 0 saturated heterocycles. The van der Waals surface area contributed by atoms with Crippen molar-refractivity contribution in [2.45, 2.75) is 19.4 Å². The summed E-state index contributed by atoms with van der Waals surface area (Å²) in [7, 11) is 1.59. The normalized spacial score (nSPS) is 10.9. The lowest BCUT2D eigenvalue weighted by atomic mass is 10.1. The first-order valence-corrected chi connectivity index (χ1v) is 11.5. The average Bonchev–Trinajstić information content (AvgIpc) is 3.31. The molecule has 0 bridgehead atoms. The summed E-state index contributed by atoms with van der Waals surface area (Å²) in [5.41, 5.74) is 7.44. The Hall–Kier alpha value is -5.06. The monoisotopic (exact) mass is 497 g/mol. The molecule has 1 amide bonds. The van der Waals surface area contributed by atoms with Crippen LogP contribution in [0.25, 0.3) is 21.9 Å². The number of rotatable bonds is 8. The summed E-state index contributed by atoms with van der Waals surface area (Å²) < 4.78 is 6.62. The van der Waals surface area contributed by atoms with Crippen LogP contribution in [0.1, 0.15) is 17.5 Å². The number of hydrazine groups is 1. The van der Waals surface area contributed by atoms with Crippen molar-refractivity contribution < 1.29 is 9.53 Å². The van der Waals surface area contributed by atoms with E-state index in [-0.39, 0.29) is 35.3 Å². The zero-order valence-corrected chi connectivity index (χ0v) is 19.9. The van der Waals surface area contributed by atoms with Gasteiger partial charge in [-0.1, -0.05) is 23.4 Å². The SMILES string of the molecule is COc1ccc(Cn2nnc3c(=O)[nH]c4cc(CCC(=O)NNc5ccncc5)ccc4c(=O)c32)cc1. The number of anilines is 1. The fourth-order valence-electron chi connectivity index (χ4n) is 3.96. The van der Waals surface area contributed by atoms with Crippen molar-refractivity contribution >= 4 is 33.5 Å². The molecule has 3 N–H and O–H groups in total. The molecule has 0 unspecified atom stereocenters. The van der Waals surface area contributed by atoms with Crippen molar-refractivity contribution in [1.29, 1.82) is 0 Å². The van der Waals surface area contributed by atoms with Gasteiger partial charge in [0.15, 0.2) is 5.52 Å². The molecule has 186 valence electrons. The maximum Gasteiger partial charge on any atom is 0.278 e. The molecule has 5 aromatic rings. The number of nitrogens with one attached hydrogen (secondary N) is 3. The van der Waals surface area contributed by atoms with Gasteiger partial charge in [0.25, 0.3) is 5.56 Å². The van der Waals surface area contributed by atoms with Gasteiger partial charge >= 0.3 is 0 Å². The average molecular weight is 498 g/mol. The lowest BCUT2D eigenvalue weighted by Gasteiger charge is -2.08. The second kappa shape index (κ2) is 10.3. The standard InChI is InChI=1S/C26H23N7O4/c1-37-19-6-2-17(3-7-19)15-33-24-23(31-32-33)26(36)28-21-14-16(4-8-20(21)25(24)35)5-9-22(34)30-29-18-10-12-27-13-11-18/h2-4,6-8,10-14H,5,9,15H2,1H3,(H,27,29)(H,28,36)(H,30,34). The van der Waals surface area contributed by atoms with Gasteiger partial charge in [-0.05, 0) is 53.9 Å². The van der Waals surface area contributed by atoms with Gasteiger partial charge in [0, 0.05) is 24.2 Å². The van der Waals surface area contributed by atoms with Gasteiger partial charge in [-0.25, -0.2) is 4.68 Å². The van der Waals surface area contributed by atoms with Crippen molar-refractivity contribution in [3.05, 3.63) is 98.7 Å². The van der Waals surface area contributed by atoms with Gasteiger partial charge in [0.2, 0.25) is 11.3 Å². The van der Waals surface area contributed by atoms with Crippen LogP contribution < -0.4 is 26.6 Å². The van der Waals surface area contributed by atoms with Gasteiger partial charge in [-0.15, -0.1) is 5.10 Å². The molecule has 0 spiro atoms. The molecule has 11 nitrogen and oxygen atoms in total. The van der Waals surface area contributed by atoms with Gasteiger partial charge < -0.3 is 9.72 Å². The Balaban J connectivity index is 1.39. The molecule has 0 aliphatic carbocycles.